The molecule has 0 amide bonds. The minimum atomic E-state index is -1.15. The van der Waals surface area contributed by atoms with Gasteiger partial charge in [0.2, 0.25) is 0 Å². The highest BCUT2D eigenvalue weighted by molar-refractivity contribution is 6.00. The number of rotatable bonds is 14. The molecule has 44 heavy (non-hydrogen) atoms. The minimum absolute atomic E-state index is 0.0147. The highest BCUT2D eigenvalue weighted by atomic mass is 16.6. The van der Waals surface area contributed by atoms with Crippen molar-refractivity contribution in [3.8, 4) is 17.6 Å². The van der Waals surface area contributed by atoms with Gasteiger partial charge in [-0.1, -0.05) is 26.0 Å². The highest BCUT2D eigenvalue weighted by Gasteiger charge is 2.39. The summed E-state index contributed by atoms with van der Waals surface area (Å²) < 4.78 is 21.7. The predicted molar refractivity (Wildman–Crippen MR) is 158 cm³/mol. The van der Waals surface area contributed by atoms with Crippen LogP contribution >= 0.6 is 0 Å². The number of nitrogens with one attached hydrogen (secondary N) is 1. The average Bonchev–Trinajstić information content (AvgIpc) is 3.02. The maximum atomic E-state index is 13.3. The van der Waals surface area contributed by atoms with E-state index in [0.29, 0.717) is 17.9 Å². The summed E-state index contributed by atoms with van der Waals surface area (Å²) in [5, 5.41) is 34.0. The largest absolute Gasteiger partial charge is 0.493 e. The molecule has 2 aromatic carbocycles. The van der Waals surface area contributed by atoms with Crippen molar-refractivity contribution in [2.75, 3.05) is 26.9 Å². The first-order chi connectivity index (χ1) is 21.0. The molecule has 1 heterocycles. The minimum Gasteiger partial charge on any atom is -0.493 e. The summed E-state index contributed by atoms with van der Waals surface area (Å²) in [5.74, 6) is -1.58. The zero-order valence-electron chi connectivity index (χ0n) is 24.9. The molecule has 0 spiro atoms. The fourth-order valence-electron chi connectivity index (χ4n) is 4.53. The smallest absolute Gasteiger partial charge is 0.337 e. The molecule has 13 heteroatoms. The Morgan fingerprint density at radius 2 is 1.75 bits per heavy atom. The number of carbonyl (C=O) groups is 2. The Morgan fingerprint density at radius 3 is 2.34 bits per heavy atom. The first kappa shape index (κ1) is 33.6. The summed E-state index contributed by atoms with van der Waals surface area (Å²) >= 11 is 0. The predicted octanol–water partition coefficient (Wildman–Crippen LogP) is 3.24. The van der Waals surface area contributed by atoms with E-state index in [1.165, 1.54) is 24.3 Å². The Morgan fingerprint density at radius 1 is 1.09 bits per heavy atom. The number of nitriles is 1. The van der Waals surface area contributed by atoms with E-state index in [9.17, 15) is 30.1 Å². The molecule has 1 aliphatic rings. The number of esters is 2. The van der Waals surface area contributed by atoms with Crippen LogP contribution in [-0.2, 0) is 19.1 Å². The van der Waals surface area contributed by atoms with E-state index in [1.807, 2.05) is 19.9 Å². The molecule has 2 aromatic rings. The molecule has 0 saturated heterocycles. The summed E-state index contributed by atoms with van der Waals surface area (Å²) in [7, 11) is 1.13. The Kier molecular flexibility index (Phi) is 11.8. The lowest BCUT2D eigenvalue weighted by Gasteiger charge is -2.29. The van der Waals surface area contributed by atoms with Crippen molar-refractivity contribution < 1.29 is 38.6 Å². The van der Waals surface area contributed by atoms with E-state index in [4.69, 9.17) is 24.7 Å². The molecular weight excluding hydrogens is 572 g/mol. The number of aliphatic hydroxyl groups excluding tert-OH is 1. The molecule has 3 rings (SSSR count). The maximum Gasteiger partial charge on any atom is 0.337 e. The molecule has 0 radical (unpaired) electrons. The number of nitro benzene ring substituents is 1. The van der Waals surface area contributed by atoms with Gasteiger partial charge in [0.05, 0.1) is 42.3 Å². The summed E-state index contributed by atoms with van der Waals surface area (Å²) in [6.45, 7) is 5.64. The zero-order valence-corrected chi connectivity index (χ0v) is 24.9. The van der Waals surface area contributed by atoms with E-state index < -0.39 is 34.9 Å². The Bertz CT molecular complexity index is 1460. The number of nitrogens with two attached hydrogens (primary N) is 1. The maximum absolute atomic E-state index is 13.3. The van der Waals surface area contributed by atoms with Crippen molar-refractivity contribution in [3.05, 3.63) is 86.7 Å². The second kappa shape index (κ2) is 15.5. The van der Waals surface area contributed by atoms with Gasteiger partial charge in [0, 0.05) is 30.3 Å². The lowest BCUT2D eigenvalue weighted by molar-refractivity contribution is -0.384. The number of non-ortho nitro benzene ring substituents is 1. The zero-order chi connectivity index (χ0) is 32.4. The molecule has 1 aliphatic heterocycles. The molecule has 0 saturated carbocycles. The van der Waals surface area contributed by atoms with E-state index >= 15 is 0 Å². The van der Waals surface area contributed by atoms with Crippen LogP contribution < -0.4 is 20.5 Å². The molecular formula is C31H36N4O9. The summed E-state index contributed by atoms with van der Waals surface area (Å²) in [4.78, 5) is 36.9. The number of aliphatic hydroxyl groups is 1. The SMILES string of the molecule is COC(=O)C1=C(C#N)NC(C)=C(C(=O)OCCCOc2ccc(OCC(O)C(N)C(C)C)cc2)C1c1cccc([N+](=O)[O-])c1. The second-order valence-corrected chi connectivity index (χ2v) is 10.3. The molecule has 0 aromatic heterocycles. The topological polar surface area (TPSA) is 196 Å². The Labute approximate surface area is 255 Å². The Balaban J connectivity index is 1.64. The van der Waals surface area contributed by atoms with Crippen molar-refractivity contribution in [1.82, 2.24) is 5.32 Å². The second-order valence-electron chi connectivity index (χ2n) is 10.3. The lowest BCUT2D eigenvalue weighted by atomic mass is 9.80. The van der Waals surface area contributed by atoms with Gasteiger partial charge >= 0.3 is 11.9 Å². The van der Waals surface area contributed by atoms with Crippen LogP contribution in [0.4, 0.5) is 5.69 Å². The average molecular weight is 609 g/mol. The third-order valence-electron chi connectivity index (χ3n) is 6.96. The van der Waals surface area contributed by atoms with Crippen molar-refractivity contribution in [1.29, 1.82) is 5.26 Å². The first-order valence-corrected chi connectivity index (χ1v) is 13.9. The third kappa shape index (κ3) is 8.33. The van der Waals surface area contributed by atoms with Crippen LogP contribution in [0.2, 0.25) is 0 Å². The van der Waals surface area contributed by atoms with E-state index in [1.54, 1.807) is 31.2 Å². The van der Waals surface area contributed by atoms with Crippen molar-refractivity contribution >= 4 is 17.6 Å². The van der Waals surface area contributed by atoms with Gasteiger partial charge in [-0.2, -0.15) is 5.26 Å². The number of methoxy groups -OCH3 is 1. The van der Waals surface area contributed by atoms with Gasteiger partial charge in [-0.25, -0.2) is 9.59 Å². The van der Waals surface area contributed by atoms with E-state index in [2.05, 4.69) is 5.32 Å². The van der Waals surface area contributed by atoms with Crippen molar-refractivity contribution in [2.45, 2.75) is 45.3 Å². The molecule has 0 aliphatic carbocycles. The van der Waals surface area contributed by atoms with Gasteiger partial charge in [0.15, 0.2) is 0 Å². The number of carbonyl (C=O) groups excluding carboxylic acids is 2. The Hall–Kier alpha value is -4.93. The van der Waals surface area contributed by atoms with Gasteiger partial charge in [0.1, 0.15) is 36.0 Å². The number of ether oxygens (including phenoxy) is 4. The van der Waals surface area contributed by atoms with Crippen LogP contribution in [0.15, 0.2) is 71.1 Å². The van der Waals surface area contributed by atoms with E-state index in [0.717, 1.165) is 7.11 Å². The first-order valence-electron chi connectivity index (χ1n) is 13.9. The van der Waals surface area contributed by atoms with Crippen molar-refractivity contribution in [3.63, 3.8) is 0 Å². The van der Waals surface area contributed by atoms with E-state index in [-0.39, 0.29) is 59.5 Å². The van der Waals surface area contributed by atoms with Gasteiger partial charge in [-0.15, -0.1) is 0 Å². The van der Waals surface area contributed by atoms with Crippen LogP contribution in [0.3, 0.4) is 0 Å². The number of nitrogens with zero attached hydrogens (tertiary/aromatic N) is 2. The highest BCUT2D eigenvalue weighted by Crippen LogP contribution is 2.40. The molecule has 0 fully saturated rings. The molecule has 3 unspecified atom stereocenters. The van der Waals surface area contributed by atoms with Crippen LogP contribution in [0.1, 0.15) is 38.7 Å². The number of dihydropyridines is 1. The van der Waals surface area contributed by atoms with Crippen LogP contribution in [0.5, 0.6) is 11.5 Å². The van der Waals surface area contributed by atoms with Gasteiger partial charge in [-0.05, 0) is 42.7 Å². The third-order valence-corrected chi connectivity index (χ3v) is 6.96. The monoisotopic (exact) mass is 608 g/mol. The van der Waals surface area contributed by atoms with Gasteiger partial charge < -0.3 is 35.1 Å². The van der Waals surface area contributed by atoms with Gasteiger partial charge in [-0.3, -0.25) is 10.1 Å². The molecule has 13 nitrogen and oxygen atoms in total. The lowest BCUT2D eigenvalue weighted by Crippen LogP contribution is -2.42. The number of hydrogen-bond donors (Lipinski definition) is 3. The molecule has 0 bridgehead atoms. The van der Waals surface area contributed by atoms with Crippen LogP contribution in [0, 0.1) is 27.4 Å². The summed E-state index contributed by atoms with van der Waals surface area (Å²) in [6.07, 6.45) is -0.469. The number of benzene rings is 2. The number of nitro groups is 1. The van der Waals surface area contributed by atoms with Crippen LogP contribution in [-0.4, -0.2) is 61.0 Å². The molecule has 4 N–H and O–H groups in total. The molecule has 234 valence electrons. The summed E-state index contributed by atoms with van der Waals surface area (Å²) in [6, 6.07) is 13.8. The van der Waals surface area contributed by atoms with Crippen LogP contribution in [0.25, 0.3) is 0 Å². The molecule has 3 atom stereocenters. The quantitative estimate of drug-likeness (QED) is 0.123. The van der Waals surface area contributed by atoms with Crippen molar-refractivity contribution in [2.24, 2.45) is 11.7 Å². The summed E-state index contributed by atoms with van der Waals surface area (Å²) in [5.41, 5.74) is 5.90. The number of hydrogen-bond acceptors (Lipinski definition) is 12. The fraction of sp³-hybridized carbons (Fsp3) is 0.387. The normalized spacial score (nSPS) is 16.0. The standard InChI is InChI=1S/C31H36N4O9/c1-18(2)29(33)25(36)17-44-23-11-9-22(10-12-23)42-13-6-14-43-31(38)26-19(3)34-24(16-32)28(30(37)41-4)27(26)20-7-5-8-21(15-20)35(39)40/h5,7-12,15,18,25,27,29,34,36H,6,13-14,17,33H2,1-4H3. The van der Waals surface area contributed by atoms with Gasteiger partial charge in [0.25, 0.3) is 5.69 Å². The fourth-order valence-corrected chi connectivity index (χ4v) is 4.53. The number of allylic oxidation sites excluding steroid dienone is 2.